The van der Waals surface area contributed by atoms with Gasteiger partial charge in [0.25, 0.3) is 0 Å². The van der Waals surface area contributed by atoms with Gasteiger partial charge >= 0.3 is 29.8 Å². The summed E-state index contributed by atoms with van der Waals surface area (Å²) in [7, 11) is 2.27. The van der Waals surface area contributed by atoms with Gasteiger partial charge in [0, 0.05) is 0 Å². The zero-order valence-corrected chi connectivity index (χ0v) is 25.2. The minimum absolute atomic E-state index is 0.114. The summed E-state index contributed by atoms with van der Waals surface area (Å²) in [6, 6.07) is 24.2. The number of ether oxygens (including phenoxy) is 6. The smallest absolute Gasteiger partial charge is 0.358 e. The molecule has 0 saturated carbocycles. The van der Waals surface area contributed by atoms with Crippen LogP contribution in [0.2, 0.25) is 0 Å². The number of hydrogen-bond donors (Lipinski definition) is 0. The Labute approximate surface area is 268 Å². The van der Waals surface area contributed by atoms with Crippen LogP contribution in [0.5, 0.6) is 0 Å². The van der Waals surface area contributed by atoms with Gasteiger partial charge in [-0.05, 0) is 36.4 Å². The van der Waals surface area contributed by atoms with Crippen molar-refractivity contribution < 1.29 is 52.4 Å². The zero-order valence-electron chi connectivity index (χ0n) is 25.2. The highest BCUT2D eigenvalue weighted by molar-refractivity contribution is 5.91. The lowest BCUT2D eigenvalue weighted by molar-refractivity contribution is -0.139. The molecule has 47 heavy (non-hydrogen) atoms. The first-order valence-electron chi connectivity index (χ1n) is 14.3. The normalized spacial score (nSPS) is 18.5. The maximum Gasteiger partial charge on any atom is 0.358 e. The monoisotopic (exact) mass is 643 g/mol. The van der Waals surface area contributed by atoms with E-state index in [4.69, 9.17) is 28.4 Å². The highest BCUT2D eigenvalue weighted by Gasteiger charge is 2.53. The second-order valence-corrected chi connectivity index (χ2v) is 10.1. The second kappa shape index (κ2) is 14.9. The van der Waals surface area contributed by atoms with Gasteiger partial charge in [0.1, 0.15) is 18.4 Å². The van der Waals surface area contributed by atoms with Crippen molar-refractivity contribution >= 4 is 29.8 Å². The molecule has 1 aliphatic heterocycles. The molecule has 0 bridgehead atoms. The molecule has 242 valence electrons. The van der Waals surface area contributed by atoms with Crippen LogP contribution < -0.4 is 0 Å². The molecule has 1 aromatic heterocycles. The standard InChI is InChI=1S/C33H29N3O11/c1-42-25(37)18-23-26(33(41)43-2)36(35-34-23)29-28(47-32(40)22-16-10-5-11-17-22)27(46-31(39)21-14-8-4-9-15-21)24(45-29)19-44-30(38)20-12-6-3-7-13-20/h3-17,24,27-29H,18-19H2,1-2H3/t24-,27-,28+,29+/m1/s1. The molecule has 3 aromatic carbocycles. The van der Waals surface area contributed by atoms with Crippen LogP contribution in [-0.4, -0.2) is 84.0 Å². The fraction of sp³-hybridized carbons (Fsp3) is 0.242. The molecular weight excluding hydrogens is 614 g/mol. The van der Waals surface area contributed by atoms with Crippen LogP contribution in [0.4, 0.5) is 0 Å². The molecule has 0 radical (unpaired) electrons. The summed E-state index contributed by atoms with van der Waals surface area (Å²) in [6.07, 6.45) is -6.06. The number of rotatable bonds is 11. The van der Waals surface area contributed by atoms with E-state index in [0.29, 0.717) is 0 Å². The van der Waals surface area contributed by atoms with Crippen molar-refractivity contribution in [3.8, 4) is 0 Å². The molecule has 4 atom stereocenters. The van der Waals surface area contributed by atoms with Crippen molar-refractivity contribution in [3.05, 3.63) is 119 Å². The number of benzene rings is 3. The molecule has 0 unspecified atom stereocenters. The highest BCUT2D eigenvalue weighted by Crippen LogP contribution is 2.36. The van der Waals surface area contributed by atoms with E-state index in [0.717, 1.165) is 18.9 Å². The van der Waals surface area contributed by atoms with Crippen molar-refractivity contribution in [2.24, 2.45) is 0 Å². The van der Waals surface area contributed by atoms with Gasteiger partial charge in [0.15, 0.2) is 24.1 Å². The summed E-state index contributed by atoms with van der Waals surface area (Å²) >= 11 is 0. The van der Waals surface area contributed by atoms with Crippen LogP contribution in [0.1, 0.15) is 53.5 Å². The number of hydrogen-bond acceptors (Lipinski definition) is 13. The fourth-order valence-electron chi connectivity index (χ4n) is 4.79. The summed E-state index contributed by atoms with van der Waals surface area (Å²) in [5.41, 5.74) is 0.177. The minimum atomic E-state index is -1.48. The largest absolute Gasteiger partial charge is 0.469 e. The Balaban J connectivity index is 1.56. The molecule has 4 aromatic rings. The zero-order chi connectivity index (χ0) is 33.3. The molecule has 14 nitrogen and oxygen atoms in total. The number of aromatic nitrogens is 3. The van der Waals surface area contributed by atoms with Gasteiger partial charge in [-0.15, -0.1) is 5.10 Å². The van der Waals surface area contributed by atoms with Crippen LogP contribution in [0.25, 0.3) is 0 Å². The lowest BCUT2D eigenvalue weighted by Gasteiger charge is -2.24. The molecule has 2 heterocycles. The number of carbonyl (C=O) groups excluding carboxylic acids is 5. The van der Waals surface area contributed by atoms with E-state index in [-0.39, 0.29) is 28.1 Å². The van der Waals surface area contributed by atoms with Crippen LogP contribution in [-0.2, 0) is 39.6 Å². The van der Waals surface area contributed by atoms with E-state index in [1.54, 1.807) is 66.7 Å². The van der Waals surface area contributed by atoms with Crippen LogP contribution in [0, 0.1) is 0 Å². The Morgan fingerprint density at radius 2 is 1.19 bits per heavy atom. The Morgan fingerprint density at radius 3 is 1.70 bits per heavy atom. The summed E-state index contributed by atoms with van der Waals surface area (Å²) in [5.74, 6) is -3.97. The third-order valence-corrected chi connectivity index (χ3v) is 7.10. The van der Waals surface area contributed by atoms with Crippen LogP contribution >= 0.6 is 0 Å². The summed E-state index contributed by atoms with van der Waals surface area (Å²) in [5, 5.41) is 7.99. The van der Waals surface area contributed by atoms with Crippen molar-refractivity contribution in [1.29, 1.82) is 0 Å². The SMILES string of the molecule is COC(=O)Cc1nnn([C@H]2O[C@H](COC(=O)c3ccccc3)[C@@H](OC(=O)c3ccccc3)[C@@H]2OC(=O)c2ccccc2)c1C(=O)OC. The first-order chi connectivity index (χ1) is 22.8. The van der Waals surface area contributed by atoms with Crippen LogP contribution in [0.3, 0.4) is 0 Å². The summed E-state index contributed by atoms with van der Waals surface area (Å²) in [6.45, 7) is -0.465. The Bertz CT molecular complexity index is 1730. The predicted molar refractivity (Wildman–Crippen MR) is 159 cm³/mol. The highest BCUT2D eigenvalue weighted by atomic mass is 16.7. The molecule has 14 heteroatoms. The van der Waals surface area contributed by atoms with E-state index in [2.05, 4.69) is 10.3 Å². The Kier molecular flexibility index (Phi) is 10.3. The lowest BCUT2D eigenvalue weighted by atomic mass is 10.1. The third kappa shape index (κ3) is 7.50. The number of methoxy groups -OCH3 is 2. The molecule has 5 rings (SSSR count). The number of esters is 5. The number of carbonyl (C=O) groups is 5. The van der Waals surface area contributed by atoms with Gasteiger partial charge in [-0.2, -0.15) is 0 Å². The van der Waals surface area contributed by atoms with Gasteiger partial charge < -0.3 is 28.4 Å². The van der Waals surface area contributed by atoms with Gasteiger partial charge in [0.2, 0.25) is 0 Å². The maximum atomic E-state index is 13.4. The Morgan fingerprint density at radius 1 is 0.681 bits per heavy atom. The fourth-order valence-corrected chi connectivity index (χ4v) is 4.79. The molecule has 0 N–H and O–H groups in total. The van der Waals surface area contributed by atoms with E-state index < -0.39 is 67.4 Å². The minimum Gasteiger partial charge on any atom is -0.469 e. The molecule has 1 fully saturated rings. The topological polar surface area (TPSA) is 171 Å². The van der Waals surface area contributed by atoms with Gasteiger partial charge in [0.05, 0.1) is 37.3 Å². The predicted octanol–water partition coefficient (Wildman–Crippen LogP) is 2.99. The molecule has 0 aliphatic carbocycles. The van der Waals surface area contributed by atoms with Crippen molar-refractivity contribution in [2.45, 2.75) is 31.0 Å². The maximum absolute atomic E-state index is 13.4. The average molecular weight is 644 g/mol. The van der Waals surface area contributed by atoms with Gasteiger partial charge in [-0.25, -0.2) is 23.9 Å². The molecule has 0 amide bonds. The van der Waals surface area contributed by atoms with Crippen molar-refractivity contribution in [1.82, 2.24) is 15.0 Å². The molecule has 1 aliphatic rings. The van der Waals surface area contributed by atoms with E-state index in [1.165, 1.54) is 24.3 Å². The summed E-state index contributed by atoms with van der Waals surface area (Å²) in [4.78, 5) is 64.7. The quantitative estimate of drug-likeness (QED) is 0.173. The third-order valence-electron chi connectivity index (χ3n) is 7.10. The van der Waals surface area contributed by atoms with Gasteiger partial charge in [-0.3, -0.25) is 4.79 Å². The first-order valence-corrected chi connectivity index (χ1v) is 14.3. The second-order valence-electron chi connectivity index (χ2n) is 10.1. The first kappa shape index (κ1) is 32.5. The van der Waals surface area contributed by atoms with E-state index in [9.17, 15) is 24.0 Å². The van der Waals surface area contributed by atoms with Gasteiger partial charge in [-0.1, -0.05) is 59.8 Å². The number of nitrogens with zero attached hydrogens (tertiary/aromatic N) is 3. The molecule has 0 spiro atoms. The molecular formula is C33H29N3O11. The van der Waals surface area contributed by atoms with Crippen LogP contribution in [0.15, 0.2) is 91.0 Å². The van der Waals surface area contributed by atoms with Crippen molar-refractivity contribution in [2.75, 3.05) is 20.8 Å². The lowest BCUT2D eigenvalue weighted by Crippen LogP contribution is -2.41. The van der Waals surface area contributed by atoms with E-state index >= 15 is 0 Å². The Hall–Kier alpha value is -5.89. The average Bonchev–Trinajstić information content (AvgIpc) is 3.68. The van der Waals surface area contributed by atoms with E-state index in [1.807, 2.05) is 0 Å². The molecule has 1 saturated heterocycles. The summed E-state index contributed by atoms with van der Waals surface area (Å²) < 4.78 is 34.1. The van der Waals surface area contributed by atoms with Crippen molar-refractivity contribution in [3.63, 3.8) is 0 Å².